The molecular weight excluding hydrogens is 410 g/mol. The predicted molar refractivity (Wildman–Crippen MR) is 120 cm³/mol. The van der Waals surface area contributed by atoms with Gasteiger partial charge in [-0.2, -0.15) is 0 Å². The number of amides is 6. The number of nitrogens with zero attached hydrogens (tertiary/aromatic N) is 1. The quantitative estimate of drug-likeness (QED) is 0.525. The summed E-state index contributed by atoms with van der Waals surface area (Å²) in [5, 5.41) is 11.2. The van der Waals surface area contributed by atoms with Crippen LogP contribution >= 0.6 is 0 Å². The van der Waals surface area contributed by atoms with Gasteiger partial charge in [-0.25, -0.2) is 9.59 Å². The Morgan fingerprint density at radius 1 is 1.06 bits per heavy atom. The van der Waals surface area contributed by atoms with E-state index in [2.05, 4.69) is 42.0 Å². The number of carbonyl (C=O) groups is 4. The van der Waals surface area contributed by atoms with Crippen LogP contribution in [0.5, 0.6) is 0 Å². The summed E-state index contributed by atoms with van der Waals surface area (Å²) in [7, 11) is 0. The monoisotopic (exact) mass is 441 g/mol. The van der Waals surface area contributed by atoms with Crippen molar-refractivity contribution in [3.63, 3.8) is 0 Å². The zero-order valence-corrected chi connectivity index (χ0v) is 18.8. The standard InChI is InChI=1S/C23H31N5O4/c1-14-10-22(2,3)13-23(11-14)19(30)28(21(32)27-23)12-18(29)24-15-4-6-16(7-5-15)25-20(31)26-17-8-9-17/h4-7,14,17H,8-13H2,1-3H3,(H,24,29)(H,27,32)(H2,25,26,31). The van der Waals surface area contributed by atoms with Crippen molar-refractivity contribution in [3.8, 4) is 0 Å². The van der Waals surface area contributed by atoms with Crippen LogP contribution in [0.15, 0.2) is 24.3 Å². The molecule has 4 N–H and O–H groups in total. The van der Waals surface area contributed by atoms with Gasteiger partial charge in [0.15, 0.2) is 0 Å². The Hall–Kier alpha value is -3.10. The molecule has 3 fully saturated rings. The van der Waals surface area contributed by atoms with E-state index in [1.807, 2.05) is 0 Å². The molecule has 172 valence electrons. The molecule has 1 aromatic rings. The van der Waals surface area contributed by atoms with Crippen molar-refractivity contribution in [2.45, 2.75) is 64.5 Å². The summed E-state index contributed by atoms with van der Waals surface area (Å²) < 4.78 is 0. The second-order valence-electron chi connectivity index (χ2n) is 10.3. The molecule has 2 atom stereocenters. The summed E-state index contributed by atoms with van der Waals surface area (Å²) in [5.41, 5.74) is 0.125. The number of imide groups is 1. The number of nitrogens with one attached hydrogen (secondary N) is 4. The Labute approximate surface area is 187 Å². The average Bonchev–Trinajstić information content (AvgIpc) is 3.45. The summed E-state index contributed by atoms with van der Waals surface area (Å²) >= 11 is 0. The van der Waals surface area contributed by atoms with Crippen molar-refractivity contribution in [2.75, 3.05) is 17.2 Å². The lowest BCUT2D eigenvalue weighted by Crippen LogP contribution is -2.54. The second kappa shape index (κ2) is 8.11. The Bertz CT molecular complexity index is 940. The minimum atomic E-state index is -0.924. The second-order valence-corrected chi connectivity index (χ2v) is 10.3. The number of urea groups is 2. The molecule has 1 saturated heterocycles. The van der Waals surface area contributed by atoms with Gasteiger partial charge in [0.25, 0.3) is 5.91 Å². The lowest BCUT2D eigenvalue weighted by Gasteiger charge is -2.43. The largest absolute Gasteiger partial charge is 0.335 e. The third-order valence-electron chi connectivity index (χ3n) is 6.27. The zero-order chi connectivity index (χ0) is 23.1. The summed E-state index contributed by atoms with van der Waals surface area (Å²) in [4.78, 5) is 51.1. The molecule has 4 rings (SSSR count). The highest BCUT2D eigenvalue weighted by atomic mass is 16.2. The number of hydrogen-bond donors (Lipinski definition) is 4. The maximum Gasteiger partial charge on any atom is 0.325 e. The first-order valence-electron chi connectivity index (χ1n) is 11.2. The van der Waals surface area contributed by atoms with E-state index in [1.165, 1.54) is 0 Å². The van der Waals surface area contributed by atoms with Crippen molar-refractivity contribution >= 4 is 35.3 Å². The lowest BCUT2D eigenvalue weighted by molar-refractivity contribution is -0.136. The maximum absolute atomic E-state index is 13.2. The number of carbonyl (C=O) groups excluding carboxylic acids is 4. The Balaban J connectivity index is 1.34. The number of rotatable bonds is 5. The van der Waals surface area contributed by atoms with Crippen molar-refractivity contribution in [2.24, 2.45) is 11.3 Å². The maximum atomic E-state index is 13.2. The molecule has 9 heteroatoms. The molecule has 9 nitrogen and oxygen atoms in total. The SMILES string of the molecule is CC1CC(C)(C)CC2(C1)NC(=O)N(CC(=O)Nc1ccc(NC(=O)NC3CC3)cc1)C2=O. The van der Waals surface area contributed by atoms with Gasteiger partial charge in [-0.05, 0) is 67.7 Å². The lowest BCUT2D eigenvalue weighted by atomic mass is 9.64. The first-order chi connectivity index (χ1) is 15.1. The number of hydrogen-bond acceptors (Lipinski definition) is 4. The van der Waals surface area contributed by atoms with Gasteiger partial charge in [0, 0.05) is 17.4 Å². The van der Waals surface area contributed by atoms with Crippen LogP contribution in [0.3, 0.4) is 0 Å². The van der Waals surface area contributed by atoms with E-state index in [0.29, 0.717) is 30.1 Å². The average molecular weight is 442 g/mol. The van der Waals surface area contributed by atoms with E-state index in [-0.39, 0.29) is 29.9 Å². The minimum absolute atomic E-state index is 0.0653. The van der Waals surface area contributed by atoms with Crippen LogP contribution < -0.4 is 21.3 Å². The van der Waals surface area contributed by atoms with Gasteiger partial charge >= 0.3 is 12.1 Å². The van der Waals surface area contributed by atoms with Crippen molar-refractivity contribution < 1.29 is 19.2 Å². The minimum Gasteiger partial charge on any atom is -0.335 e. The summed E-state index contributed by atoms with van der Waals surface area (Å²) in [6.07, 6.45) is 4.16. The highest BCUT2D eigenvalue weighted by Gasteiger charge is 2.56. The molecule has 32 heavy (non-hydrogen) atoms. The molecule has 2 aliphatic carbocycles. The van der Waals surface area contributed by atoms with Gasteiger partial charge in [-0.15, -0.1) is 0 Å². The summed E-state index contributed by atoms with van der Waals surface area (Å²) in [6, 6.07) is 6.16. The summed E-state index contributed by atoms with van der Waals surface area (Å²) in [5.74, 6) is -0.477. The van der Waals surface area contributed by atoms with E-state index in [0.717, 1.165) is 24.2 Å². The van der Waals surface area contributed by atoms with E-state index in [1.54, 1.807) is 24.3 Å². The van der Waals surface area contributed by atoms with Crippen LogP contribution in [0.1, 0.15) is 52.9 Å². The topological polar surface area (TPSA) is 120 Å². The van der Waals surface area contributed by atoms with Crippen molar-refractivity contribution in [3.05, 3.63) is 24.3 Å². The van der Waals surface area contributed by atoms with Crippen molar-refractivity contribution in [1.29, 1.82) is 0 Å². The van der Waals surface area contributed by atoms with Crippen LogP contribution in [-0.2, 0) is 9.59 Å². The van der Waals surface area contributed by atoms with Gasteiger partial charge in [0.2, 0.25) is 5.91 Å². The van der Waals surface area contributed by atoms with Crippen LogP contribution in [0.4, 0.5) is 21.0 Å². The van der Waals surface area contributed by atoms with Gasteiger partial charge in [0.05, 0.1) is 0 Å². The molecule has 1 spiro atoms. The Morgan fingerprint density at radius 2 is 1.69 bits per heavy atom. The van der Waals surface area contributed by atoms with E-state index in [4.69, 9.17) is 0 Å². The van der Waals surface area contributed by atoms with Crippen LogP contribution in [0.25, 0.3) is 0 Å². The Kier molecular flexibility index (Phi) is 5.60. The highest BCUT2D eigenvalue weighted by molar-refractivity contribution is 6.10. The summed E-state index contributed by atoms with van der Waals surface area (Å²) in [6.45, 7) is 5.96. The molecule has 0 aromatic heterocycles. The highest BCUT2D eigenvalue weighted by Crippen LogP contribution is 2.46. The van der Waals surface area contributed by atoms with Gasteiger partial charge < -0.3 is 21.3 Å². The normalized spacial score (nSPS) is 26.6. The molecule has 0 radical (unpaired) electrons. The predicted octanol–water partition coefficient (Wildman–Crippen LogP) is 3.05. The van der Waals surface area contributed by atoms with Crippen LogP contribution in [0.2, 0.25) is 0 Å². The molecule has 1 aromatic carbocycles. The van der Waals surface area contributed by atoms with Crippen molar-refractivity contribution in [1.82, 2.24) is 15.5 Å². The van der Waals surface area contributed by atoms with E-state index < -0.39 is 17.5 Å². The zero-order valence-electron chi connectivity index (χ0n) is 18.8. The Morgan fingerprint density at radius 3 is 2.28 bits per heavy atom. The molecule has 2 unspecified atom stereocenters. The first kappa shape index (κ1) is 22.1. The molecule has 3 aliphatic rings. The smallest absolute Gasteiger partial charge is 0.325 e. The van der Waals surface area contributed by atoms with Gasteiger partial charge in [0.1, 0.15) is 12.1 Å². The molecule has 1 aliphatic heterocycles. The fraction of sp³-hybridized carbons (Fsp3) is 0.565. The molecule has 1 heterocycles. The van der Waals surface area contributed by atoms with Gasteiger partial charge in [-0.3, -0.25) is 14.5 Å². The third-order valence-corrected chi connectivity index (χ3v) is 6.27. The third kappa shape index (κ3) is 4.87. The molecule has 2 saturated carbocycles. The van der Waals surface area contributed by atoms with E-state index in [9.17, 15) is 19.2 Å². The fourth-order valence-electron chi connectivity index (χ4n) is 5.21. The number of anilines is 2. The molecular formula is C23H31N5O4. The van der Waals surface area contributed by atoms with E-state index >= 15 is 0 Å². The van der Waals surface area contributed by atoms with Crippen LogP contribution in [0, 0.1) is 11.3 Å². The number of benzene rings is 1. The first-order valence-corrected chi connectivity index (χ1v) is 11.2. The fourth-order valence-corrected chi connectivity index (χ4v) is 5.21. The van der Waals surface area contributed by atoms with Gasteiger partial charge in [-0.1, -0.05) is 20.8 Å². The molecule has 6 amide bonds. The van der Waals surface area contributed by atoms with Crippen LogP contribution in [-0.4, -0.2) is 46.9 Å². The molecule has 0 bridgehead atoms.